The molecule has 0 spiro atoms. The Kier molecular flexibility index (Phi) is 4.19. The summed E-state index contributed by atoms with van der Waals surface area (Å²) in [5, 5.41) is 15.8. The van der Waals surface area contributed by atoms with Crippen molar-refractivity contribution >= 4 is 17.4 Å². The van der Waals surface area contributed by atoms with Gasteiger partial charge in [0.25, 0.3) is 5.69 Å². The number of nitrogens with one attached hydrogen (secondary N) is 2. The first-order chi connectivity index (χ1) is 7.63. The lowest BCUT2D eigenvalue weighted by Gasteiger charge is -2.04. The number of amides is 1. The molecule has 7 nitrogen and oxygen atoms in total. The van der Waals surface area contributed by atoms with E-state index >= 15 is 0 Å². The van der Waals surface area contributed by atoms with E-state index in [4.69, 9.17) is 0 Å². The molecule has 2 N–H and O–H groups in total. The van der Waals surface area contributed by atoms with Crippen LogP contribution in [0.5, 0.6) is 0 Å². The minimum atomic E-state index is -0.494. The number of anilines is 1. The number of rotatable bonds is 5. The van der Waals surface area contributed by atoms with Crippen LogP contribution in [0.25, 0.3) is 0 Å². The van der Waals surface area contributed by atoms with Crippen molar-refractivity contribution in [2.24, 2.45) is 0 Å². The number of aromatic nitrogens is 1. The van der Waals surface area contributed by atoms with E-state index < -0.39 is 4.92 Å². The van der Waals surface area contributed by atoms with Gasteiger partial charge in [0.05, 0.1) is 11.0 Å². The second kappa shape index (κ2) is 5.64. The molecule has 0 aliphatic carbocycles. The summed E-state index contributed by atoms with van der Waals surface area (Å²) in [7, 11) is 1.55. The normalized spacial score (nSPS) is 9.56. The summed E-state index contributed by atoms with van der Waals surface area (Å²) >= 11 is 0. The van der Waals surface area contributed by atoms with Crippen molar-refractivity contribution in [2.75, 3.05) is 18.9 Å². The smallest absolute Gasteiger partial charge is 0.274 e. The van der Waals surface area contributed by atoms with Gasteiger partial charge in [-0.1, -0.05) is 0 Å². The van der Waals surface area contributed by atoms with Gasteiger partial charge in [-0.05, 0) is 0 Å². The maximum absolute atomic E-state index is 10.9. The molecule has 1 aromatic rings. The molecule has 0 atom stereocenters. The molecule has 1 rings (SSSR count). The standard InChI is InChI=1S/C9H12N4O3/c1-10-9(14)3-5-12-8-6-7(13(15)16)2-4-11-8/h2,4,6H,3,5H2,1H3,(H,10,14)(H,11,12). The number of carbonyl (C=O) groups is 1. The zero-order chi connectivity index (χ0) is 12.0. The van der Waals surface area contributed by atoms with Crippen LogP contribution in [-0.4, -0.2) is 29.4 Å². The molecule has 16 heavy (non-hydrogen) atoms. The van der Waals surface area contributed by atoms with Crippen LogP contribution in [0.4, 0.5) is 11.5 Å². The largest absolute Gasteiger partial charge is 0.369 e. The van der Waals surface area contributed by atoms with Crippen LogP contribution in [0, 0.1) is 10.1 Å². The summed E-state index contributed by atoms with van der Waals surface area (Å²) < 4.78 is 0. The van der Waals surface area contributed by atoms with E-state index in [-0.39, 0.29) is 11.6 Å². The molecular formula is C9H12N4O3. The molecule has 0 bridgehead atoms. The SMILES string of the molecule is CNC(=O)CCNc1cc([N+](=O)[O-])ccn1. The Balaban J connectivity index is 2.51. The molecule has 86 valence electrons. The molecule has 1 heterocycles. The Morgan fingerprint density at radius 1 is 1.62 bits per heavy atom. The van der Waals surface area contributed by atoms with Crippen molar-refractivity contribution < 1.29 is 9.72 Å². The molecule has 1 aromatic heterocycles. The van der Waals surface area contributed by atoms with E-state index in [9.17, 15) is 14.9 Å². The van der Waals surface area contributed by atoms with Gasteiger partial charge in [-0.3, -0.25) is 14.9 Å². The first-order valence-corrected chi connectivity index (χ1v) is 4.68. The van der Waals surface area contributed by atoms with E-state index in [1.165, 1.54) is 18.3 Å². The highest BCUT2D eigenvalue weighted by molar-refractivity contribution is 5.76. The third-order valence-corrected chi connectivity index (χ3v) is 1.89. The van der Waals surface area contributed by atoms with E-state index in [2.05, 4.69) is 15.6 Å². The van der Waals surface area contributed by atoms with Crippen molar-refractivity contribution in [3.05, 3.63) is 28.4 Å². The molecule has 0 aliphatic heterocycles. The lowest BCUT2D eigenvalue weighted by Crippen LogP contribution is -2.21. The molecular weight excluding hydrogens is 212 g/mol. The van der Waals surface area contributed by atoms with Gasteiger partial charge in [-0.15, -0.1) is 0 Å². The predicted octanol–water partition coefficient (Wildman–Crippen LogP) is 0.538. The number of carbonyl (C=O) groups excluding carboxylic acids is 1. The molecule has 0 unspecified atom stereocenters. The van der Waals surface area contributed by atoms with E-state index in [1.54, 1.807) is 7.05 Å². The minimum Gasteiger partial charge on any atom is -0.369 e. The number of nitro groups is 1. The highest BCUT2D eigenvalue weighted by Gasteiger charge is 2.06. The Morgan fingerprint density at radius 2 is 2.38 bits per heavy atom. The van der Waals surface area contributed by atoms with Crippen molar-refractivity contribution in [3.8, 4) is 0 Å². The zero-order valence-electron chi connectivity index (χ0n) is 8.77. The second-order valence-electron chi connectivity index (χ2n) is 3.01. The zero-order valence-corrected chi connectivity index (χ0v) is 8.77. The summed E-state index contributed by atoms with van der Waals surface area (Å²) in [5.41, 5.74) is -0.0301. The average Bonchev–Trinajstić information content (AvgIpc) is 2.29. The molecule has 7 heteroatoms. The highest BCUT2D eigenvalue weighted by Crippen LogP contribution is 2.13. The first-order valence-electron chi connectivity index (χ1n) is 4.68. The second-order valence-corrected chi connectivity index (χ2v) is 3.01. The van der Waals surface area contributed by atoms with Gasteiger partial charge in [0.15, 0.2) is 0 Å². The van der Waals surface area contributed by atoms with Gasteiger partial charge in [0.1, 0.15) is 5.82 Å². The summed E-state index contributed by atoms with van der Waals surface area (Å²) in [6.07, 6.45) is 1.64. The maximum atomic E-state index is 10.9. The number of pyridine rings is 1. The lowest BCUT2D eigenvalue weighted by atomic mass is 10.3. The minimum absolute atomic E-state index is 0.0301. The fourth-order valence-electron chi connectivity index (χ4n) is 1.06. The molecule has 0 saturated heterocycles. The van der Waals surface area contributed by atoms with Crippen LogP contribution < -0.4 is 10.6 Å². The van der Waals surface area contributed by atoms with Gasteiger partial charge in [-0.25, -0.2) is 4.98 Å². The number of hydrogen-bond donors (Lipinski definition) is 2. The van der Waals surface area contributed by atoms with Crippen LogP contribution in [0.2, 0.25) is 0 Å². The Bertz CT molecular complexity index is 394. The van der Waals surface area contributed by atoms with Gasteiger partial charge >= 0.3 is 0 Å². The molecule has 0 radical (unpaired) electrons. The molecule has 1 amide bonds. The molecule has 0 aromatic carbocycles. The summed E-state index contributed by atoms with van der Waals surface area (Å²) in [6, 6.07) is 2.63. The van der Waals surface area contributed by atoms with Crippen molar-refractivity contribution in [3.63, 3.8) is 0 Å². The number of hydrogen-bond acceptors (Lipinski definition) is 5. The monoisotopic (exact) mass is 224 g/mol. The fraction of sp³-hybridized carbons (Fsp3) is 0.333. The predicted molar refractivity (Wildman–Crippen MR) is 58.1 cm³/mol. The average molecular weight is 224 g/mol. The van der Waals surface area contributed by atoms with Crippen LogP contribution >= 0.6 is 0 Å². The lowest BCUT2D eigenvalue weighted by molar-refractivity contribution is -0.384. The van der Waals surface area contributed by atoms with Crippen molar-refractivity contribution in [1.29, 1.82) is 0 Å². The summed E-state index contributed by atoms with van der Waals surface area (Å²) in [5.74, 6) is 0.288. The van der Waals surface area contributed by atoms with Crippen molar-refractivity contribution in [1.82, 2.24) is 10.3 Å². The topological polar surface area (TPSA) is 97.2 Å². The van der Waals surface area contributed by atoms with E-state index in [1.807, 2.05) is 0 Å². The number of nitrogens with zero attached hydrogens (tertiary/aromatic N) is 2. The fourth-order valence-corrected chi connectivity index (χ4v) is 1.06. The van der Waals surface area contributed by atoms with Crippen LogP contribution in [0.3, 0.4) is 0 Å². The van der Waals surface area contributed by atoms with E-state index in [0.717, 1.165) is 0 Å². The summed E-state index contributed by atoms with van der Waals surface area (Å²) in [6.45, 7) is 0.383. The molecule has 0 fully saturated rings. The quantitative estimate of drug-likeness (QED) is 0.562. The Labute approximate surface area is 92.0 Å². The van der Waals surface area contributed by atoms with Crippen LogP contribution in [0.1, 0.15) is 6.42 Å². The van der Waals surface area contributed by atoms with Crippen molar-refractivity contribution in [2.45, 2.75) is 6.42 Å². The van der Waals surface area contributed by atoms with E-state index in [0.29, 0.717) is 18.8 Å². The first kappa shape index (κ1) is 11.9. The highest BCUT2D eigenvalue weighted by atomic mass is 16.6. The Hall–Kier alpha value is -2.18. The Morgan fingerprint density at radius 3 is 3.00 bits per heavy atom. The maximum Gasteiger partial charge on any atom is 0.274 e. The van der Waals surface area contributed by atoms with Crippen LogP contribution in [-0.2, 0) is 4.79 Å². The van der Waals surface area contributed by atoms with Gasteiger partial charge in [-0.2, -0.15) is 0 Å². The third-order valence-electron chi connectivity index (χ3n) is 1.89. The molecule has 0 aliphatic rings. The van der Waals surface area contributed by atoms with Crippen LogP contribution in [0.15, 0.2) is 18.3 Å². The van der Waals surface area contributed by atoms with Gasteiger partial charge in [0, 0.05) is 32.3 Å². The summed E-state index contributed by atoms with van der Waals surface area (Å²) in [4.78, 5) is 24.8. The van der Waals surface area contributed by atoms with Gasteiger partial charge in [0.2, 0.25) is 5.91 Å². The third kappa shape index (κ3) is 3.52. The molecule has 0 saturated carbocycles. The van der Waals surface area contributed by atoms with Gasteiger partial charge < -0.3 is 10.6 Å².